The van der Waals surface area contributed by atoms with E-state index in [2.05, 4.69) is 38.1 Å². The molecule has 2 nitrogen and oxygen atoms in total. The van der Waals surface area contributed by atoms with E-state index in [1.54, 1.807) is 0 Å². The minimum atomic E-state index is -3.67. The molecule has 0 bridgehead atoms. The number of hydrogen-bond acceptors (Lipinski definition) is 3. The summed E-state index contributed by atoms with van der Waals surface area (Å²) in [5.41, 5.74) is 0. The minimum Gasteiger partial charge on any atom is -0.304 e. The molecule has 0 amide bonds. The lowest BCUT2D eigenvalue weighted by molar-refractivity contribution is 0.00819. The Labute approximate surface area is 83.1 Å². The molecule has 0 heterocycles. The lowest BCUT2D eigenvalue weighted by Gasteiger charge is -2.13. The molecule has 1 N–H and O–H groups in total. The van der Waals surface area contributed by atoms with Crippen LogP contribution in [0.1, 0.15) is 20.8 Å². The van der Waals surface area contributed by atoms with Gasteiger partial charge in [-0.1, -0.05) is 20.8 Å². The molecular weight excluding hydrogens is 201 g/mol. The summed E-state index contributed by atoms with van der Waals surface area (Å²) >= 11 is 3.33. The first-order valence-corrected chi connectivity index (χ1v) is 4.34. The van der Waals surface area contributed by atoms with Crippen LogP contribution in [0.4, 0.5) is 13.2 Å². The highest BCUT2D eigenvalue weighted by atomic mass is 32.1. The number of nitrogens with zero attached hydrogens (tertiary/aromatic N) is 1. The number of hydrogen-bond donors (Lipinski definition) is 1. The van der Waals surface area contributed by atoms with Gasteiger partial charge in [0, 0.05) is 12.4 Å². The maximum Gasteiger partial charge on any atom is 0.379 e. The van der Waals surface area contributed by atoms with Crippen LogP contribution < -0.4 is 0 Å². The Morgan fingerprint density at radius 1 is 1.00 bits per heavy atom. The van der Waals surface area contributed by atoms with Crippen molar-refractivity contribution in [3.8, 4) is 0 Å². The maximum atomic E-state index is 9.67. The number of alkyl halides is 3. The first-order chi connectivity index (χ1) is 6.08. The van der Waals surface area contributed by atoms with Crippen LogP contribution in [-0.4, -0.2) is 31.2 Å². The summed E-state index contributed by atoms with van der Waals surface area (Å²) in [6.07, 6.45) is 0. The van der Waals surface area contributed by atoms with Crippen LogP contribution >= 0.6 is 0 Å². The molecule has 0 aliphatic carbocycles. The van der Waals surface area contributed by atoms with Crippen molar-refractivity contribution >= 4 is 12.4 Å². The largest absolute Gasteiger partial charge is 0.379 e. The van der Waals surface area contributed by atoms with E-state index in [1.807, 2.05) is 0 Å². The van der Waals surface area contributed by atoms with E-state index >= 15 is 0 Å². The summed E-state index contributed by atoms with van der Waals surface area (Å²) in [5.74, 6) is 0. The van der Waals surface area contributed by atoms with Crippen LogP contribution in [-0.2, 0) is 12.4 Å². The van der Waals surface area contributed by atoms with Gasteiger partial charge < -0.3 is 4.90 Å². The summed E-state index contributed by atoms with van der Waals surface area (Å²) in [6, 6.07) is 0. The van der Waals surface area contributed by atoms with Crippen LogP contribution in [0.25, 0.3) is 0 Å². The predicted octanol–water partition coefficient (Wildman–Crippen LogP) is 2.82. The highest BCUT2D eigenvalue weighted by molar-refractivity contribution is 7.45. The van der Waals surface area contributed by atoms with Gasteiger partial charge in [0.1, 0.15) is 0 Å². The molecule has 0 spiro atoms. The first kappa shape index (κ1) is 18.5. The Bertz CT molecular complexity index is 73.9. The monoisotopic (exact) mass is 218 g/mol. The molecule has 0 aromatic carbocycles. The molecule has 0 atom stereocenters. The van der Waals surface area contributed by atoms with Crippen molar-refractivity contribution < 1.29 is 13.2 Å². The van der Waals surface area contributed by atoms with Gasteiger partial charge in [0.2, 0.25) is 0 Å². The number of nitrogens with one attached hydrogen (secondary N) is 1. The van der Waals surface area contributed by atoms with Gasteiger partial charge in [-0.25, -0.2) is 4.78 Å². The Balaban J connectivity index is -0.000000142. The zero-order valence-corrected chi connectivity index (χ0v) is 9.00. The Morgan fingerprint density at radius 2 is 1.15 bits per heavy atom. The van der Waals surface area contributed by atoms with Crippen molar-refractivity contribution in [3.63, 3.8) is 0 Å². The van der Waals surface area contributed by atoms with Crippen molar-refractivity contribution in [2.45, 2.75) is 27.5 Å². The standard InChI is InChI=1S/C6H15N.CHF3.HNS/c1-4-7(5-2)6-3;2-1(3)4;1-2/h4-6H2,1-3H3;1H;1H. The molecule has 0 aromatic rings. The van der Waals surface area contributed by atoms with Gasteiger partial charge in [0.05, 0.1) is 0 Å². The van der Waals surface area contributed by atoms with Crippen LogP contribution in [0.15, 0.2) is 0 Å². The van der Waals surface area contributed by atoms with Gasteiger partial charge in [-0.2, -0.15) is 13.2 Å². The van der Waals surface area contributed by atoms with Gasteiger partial charge in [0.15, 0.2) is 0 Å². The fourth-order valence-corrected chi connectivity index (χ4v) is 0.671. The van der Waals surface area contributed by atoms with Gasteiger partial charge in [-0.15, -0.1) is 0 Å². The van der Waals surface area contributed by atoms with E-state index in [0.717, 1.165) is 0 Å². The fraction of sp³-hybridized carbons (Fsp3) is 1.00. The van der Waals surface area contributed by atoms with Crippen molar-refractivity contribution in [3.05, 3.63) is 0 Å². The van der Waals surface area contributed by atoms with Crippen LogP contribution in [0, 0.1) is 4.78 Å². The van der Waals surface area contributed by atoms with Crippen LogP contribution in [0.2, 0.25) is 0 Å². The lowest BCUT2D eigenvalue weighted by Crippen LogP contribution is -2.21. The first-order valence-electron chi connectivity index (χ1n) is 3.93. The van der Waals surface area contributed by atoms with Gasteiger partial charge >= 0.3 is 6.68 Å². The van der Waals surface area contributed by atoms with E-state index in [0.29, 0.717) is 0 Å². The number of rotatable bonds is 3. The molecule has 0 unspecified atom stereocenters. The topological polar surface area (TPSA) is 27.1 Å². The van der Waals surface area contributed by atoms with E-state index in [-0.39, 0.29) is 0 Å². The highest BCUT2D eigenvalue weighted by Gasteiger charge is 1.89. The average molecular weight is 218 g/mol. The third-order valence-electron chi connectivity index (χ3n) is 1.34. The van der Waals surface area contributed by atoms with Crippen LogP contribution in [0.5, 0.6) is 0 Å². The summed E-state index contributed by atoms with van der Waals surface area (Å²) < 4.78 is 34.3. The van der Waals surface area contributed by atoms with E-state index in [4.69, 9.17) is 4.78 Å². The van der Waals surface area contributed by atoms with Gasteiger partial charge in [-0.05, 0) is 19.6 Å². The Morgan fingerprint density at radius 3 is 1.15 bits per heavy atom. The highest BCUT2D eigenvalue weighted by Crippen LogP contribution is 1.87. The summed E-state index contributed by atoms with van der Waals surface area (Å²) in [7, 11) is 0. The molecule has 0 saturated heterocycles. The van der Waals surface area contributed by atoms with Crippen molar-refractivity contribution in [1.82, 2.24) is 4.90 Å². The second-order valence-corrected chi connectivity index (χ2v) is 1.87. The minimum absolute atomic E-state index is 1.19. The van der Waals surface area contributed by atoms with Crippen molar-refractivity contribution in [2.75, 3.05) is 19.6 Å². The quantitative estimate of drug-likeness (QED) is 0.788. The van der Waals surface area contributed by atoms with Crippen LogP contribution in [0.3, 0.4) is 0 Å². The van der Waals surface area contributed by atoms with Crippen molar-refractivity contribution in [2.24, 2.45) is 0 Å². The second-order valence-electron chi connectivity index (χ2n) is 1.87. The maximum absolute atomic E-state index is 9.67. The molecule has 13 heavy (non-hydrogen) atoms. The molecule has 6 heteroatoms. The molecule has 82 valence electrons. The molecule has 0 radical (unpaired) electrons. The molecule has 0 aliphatic heterocycles. The normalized spacial score (nSPS) is 8.62. The SMILES string of the molecule is CCN(CC)CC.FC(F)F.N=S. The van der Waals surface area contributed by atoms with Crippen molar-refractivity contribution in [1.29, 1.82) is 4.78 Å². The molecular formula is C7H17F3N2S. The molecule has 0 aliphatic rings. The van der Waals surface area contributed by atoms with E-state index < -0.39 is 6.68 Å². The zero-order valence-electron chi connectivity index (χ0n) is 8.19. The molecule has 0 saturated carbocycles. The smallest absolute Gasteiger partial charge is 0.304 e. The molecule has 0 fully saturated rings. The van der Waals surface area contributed by atoms with Gasteiger partial charge in [-0.3, -0.25) is 0 Å². The average Bonchev–Trinajstić information content (AvgIpc) is 2.10. The third kappa shape index (κ3) is 33.7. The van der Waals surface area contributed by atoms with E-state index in [1.165, 1.54) is 19.6 Å². The zero-order chi connectivity index (χ0) is 11.3. The lowest BCUT2D eigenvalue weighted by atomic mass is 10.5. The Hall–Kier alpha value is -0.230. The molecule has 0 aromatic heterocycles. The summed E-state index contributed by atoms with van der Waals surface area (Å²) in [5, 5.41) is 0. The number of halogens is 3. The third-order valence-corrected chi connectivity index (χ3v) is 1.34. The predicted molar refractivity (Wildman–Crippen MR) is 50.7 cm³/mol. The Kier molecular flexibility index (Phi) is 25.3. The van der Waals surface area contributed by atoms with Gasteiger partial charge in [0.25, 0.3) is 0 Å². The second kappa shape index (κ2) is 17.8. The fourth-order valence-electron chi connectivity index (χ4n) is 0.671. The molecule has 0 rings (SSSR count). The summed E-state index contributed by atoms with van der Waals surface area (Å²) in [6.45, 7) is 6.46. The summed E-state index contributed by atoms with van der Waals surface area (Å²) in [4.78, 5) is 2.38. The van der Waals surface area contributed by atoms with E-state index in [9.17, 15) is 13.2 Å².